The third-order valence-electron chi connectivity index (χ3n) is 4.57. The van der Waals surface area contributed by atoms with Gasteiger partial charge < -0.3 is 10.2 Å². The van der Waals surface area contributed by atoms with E-state index in [-0.39, 0.29) is 36.8 Å². The first-order valence-electron chi connectivity index (χ1n) is 7.64. The SMILES string of the molecule is Cc1cc(C(=O)N2CCNC(C)C2C)c(C)n1-c1nccs1.Cl.Cl. The summed E-state index contributed by atoms with van der Waals surface area (Å²) < 4.78 is 2.06. The molecule has 0 bridgehead atoms. The Bertz CT molecular complexity index is 687. The van der Waals surface area contributed by atoms with Crippen LogP contribution < -0.4 is 5.32 Å². The van der Waals surface area contributed by atoms with Gasteiger partial charge in [0, 0.05) is 48.1 Å². The van der Waals surface area contributed by atoms with Crippen LogP contribution in [0.25, 0.3) is 5.13 Å². The number of carbonyl (C=O) groups excluding carboxylic acids is 1. The molecule has 24 heavy (non-hydrogen) atoms. The van der Waals surface area contributed by atoms with E-state index in [1.807, 2.05) is 30.2 Å². The Labute approximate surface area is 159 Å². The number of thiazole rings is 1. The summed E-state index contributed by atoms with van der Waals surface area (Å²) in [7, 11) is 0. The molecule has 2 aromatic rings. The molecule has 1 aliphatic heterocycles. The maximum atomic E-state index is 13.0. The monoisotopic (exact) mass is 390 g/mol. The Morgan fingerprint density at radius 1 is 1.33 bits per heavy atom. The quantitative estimate of drug-likeness (QED) is 0.855. The second-order valence-electron chi connectivity index (χ2n) is 5.92. The Kier molecular flexibility index (Phi) is 7.28. The Morgan fingerprint density at radius 3 is 2.67 bits per heavy atom. The fourth-order valence-corrected chi connectivity index (χ4v) is 3.85. The number of aryl methyl sites for hydroxylation is 1. The molecule has 5 nitrogen and oxygen atoms in total. The summed E-state index contributed by atoms with van der Waals surface area (Å²) in [6.45, 7) is 9.86. The van der Waals surface area contributed by atoms with Crippen molar-refractivity contribution in [1.29, 1.82) is 0 Å². The van der Waals surface area contributed by atoms with E-state index in [4.69, 9.17) is 0 Å². The number of nitrogens with zero attached hydrogens (tertiary/aromatic N) is 3. The first kappa shape index (κ1) is 21.0. The van der Waals surface area contributed by atoms with Crippen LogP contribution in [-0.2, 0) is 0 Å². The molecule has 3 rings (SSSR count). The van der Waals surface area contributed by atoms with E-state index in [1.165, 1.54) is 0 Å². The van der Waals surface area contributed by atoms with Crippen molar-refractivity contribution in [2.45, 2.75) is 39.8 Å². The van der Waals surface area contributed by atoms with Crippen molar-refractivity contribution in [3.05, 3.63) is 34.6 Å². The molecule has 1 fully saturated rings. The van der Waals surface area contributed by atoms with E-state index in [0.29, 0.717) is 6.04 Å². The first-order chi connectivity index (χ1) is 10.5. The Morgan fingerprint density at radius 2 is 2.04 bits per heavy atom. The zero-order chi connectivity index (χ0) is 15.9. The number of hydrogen-bond acceptors (Lipinski definition) is 4. The summed E-state index contributed by atoms with van der Waals surface area (Å²) in [5.74, 6) is 0.122. The third-order valence-corrected chi connectivity index (χ3v) is 5.32. The van der Waals surface area contributed by atoms with Crippen LogP contribution in [0.5, 0.6) is 0 Å². The third kappa shape index (κ3) is 3.61. The Hall–Kier alpha value is -1.08. The highest BCUT2D eigenvalue weighted by molar-refractivity contribution is 7.12. The number of rotatable bonds is 2. The summed E-state index contributed by atoms with van der Waals surface area (Å²) in [6.07, 6.45) is 1.79. The van der Waals surface area contributed by atoms with Crippen molar-refractivity contribution >= 4 is 42.1 Å². The molecule has 0 saturated carbocycles. The number of nitrogens with one attached hydrogen (secondary N) is 1. The van der Waals surface area contributed by atoms with Crippen molar-refractivity contribution in [2.24, 2.45) is 0 Å². The van der Waals surface area contributed by atoms with Crippen LogP contribution in [0.15, 0.2) is 17.6 Å². The molecule has 2 unspecified atom stereocenters. The molecule has 1 aliphatic rings. The zero-order valence-corrected chi connectivity index (χ0v) is 16.7. The standard InChI is InChI=1S/C16H22N4OS.2ClH/c1-10-9-14(13(4)20(10)16-18-6-8-22-16)15(21)19-7-5-17-11(2)12(19)3;;/h6,8-9,11-12,17H,5,7H2,1-4H3;2*1H. The van der Waals surface area contributed by atoms with Gasteiger partial charge in [0.15, 0.2) is 5.13 Å². The molecule has 1 N–H and O–H groups in total. The molecule has 1 saturated heterocycles. The smallest absolute Gasteiger partial charge is 0.256 e. The predicted molar refractivity (Wildman–Crippen MR) is 103 cm³/mol. The average molecular weight is 391 g/mol. The molecule has 0 radical (unpaired) electrons. The molecule has 1 amide bonds. The summed E-state index contributed by atoms with van der Waals surface area (Å²) in [4.78, 5) is 19.3. The van der Waals surface area contributed by atoms with Crippen LogP contribution in [0.1, 0.15) is 35.6 Å². The molecular formula is C16H24Cl2N4OS. The summed E-state index contributed by atoms with van der Waals surface area (Å²) in [6, 6.07) is 2.50. The van der Waals surface area contributed by atoms with Gasteiger partial charge in [-0.1, -0.05) is 0 Å². The molecule has 8 heteroatoms. The number of carbonyl (C=O) groups is 1. The van der Waals surface area contributed by atoms with E-state index in [1.54, 1.807) is 17.5 Å². The lowest BCUT2D eigenvalue weighted by molar-refractivity contribution is 0.0602. The average Bonchev–Trinajstić information content (AvgIpc) is 3.09. The van der Waals surface area contributed by atoms with Gasteiger partial charge in [-0.15, -0.1) is 36.2 Å². The zero-order valence-electron chi connectivity index (χ0n) is 14.3. The topological polar surface area (TPSA) is 50.2 Å². The van der Waals surface area contributed by atoms with Crippen molar-refractivity contribution in [1.82, 2.24) is 19.8 Å². The first-order valence-corrected chi connectivity index (χ1v) is 8.52. The molecule has 134 valence electrons. The lowest BCUT2D eigenvalue weighted by Crippen LogP contribution is -2.57. The van der Waals surface area contributed by atoms with Crippen molar-refractivity contribution in [3.63, 3.8) is 0 Å². The molecule has 3 heterocycles. The highest BCUT2D eigenvalue weighted by atomic mass is 35.5. The highest BCUT2D eigenvalue weighted by Gasteiger charge is 2.30. The second kappa shape index (κ2) is 8.34. The maximum absolute atomic E-state index is 13.0. The van der Waals surface area contributed by atoms with Gasteiger partial charge in [0.05, 0.1) is 5.56 Å². The van der Waals surface area contributed by atoms with E-state index in [0.717, 1.165) is 35.2 Å². The number of halogens is 2. The summed E-state index contributed by atoms with van der Waals surface area (Å²) in [5.41, 5.74) is 2.80. The fraction of sp³-hybridized carbons (Fsp3) is 0.500. The normalized spacial score (nSPS) is 20.2. The van der Waals surface area contributed by atoms with Gasteiger partial charge in [0.2, 0.25) is 0 Å². The van der Waals surface area contributed by atoms with Crippen molar-refractivity contribution < 1.29 is 4.79 Å². The van der Waals surface area contributed by atoms with E-state index in [2.05, 4.69) is 28.7 Å². The van der Waals surface area contributed by atoms with Gasteiger partial charge in [-0.25, -0.2) is 4.98 Å². The van der Waals surface area contributed by atoms with Gasteiger partial charge in [-0.3, -0.25) is 9.36 Å². The van der Waals surface area contributed by atoms with E-state index >= 15 is 0 Å². The largest absolute Gasteiger partial charge is 0.333 e. The maximum Gasteiger partial charge on any atom is 0.256 e. The van der Waals surface area contributed by atoms with Crippen LogP contribution in [0.3, 0.4) is 0 Å². The van der Waals surface area contributed by atoms with Crippen molar-refractivity contribution in [3.8, 4) is 5.13 Å². The van der Waals surface area contributed by atoms with Gasteiger partial charge >= 0.3 is 0 Å². The second-order valence-corrected chi connectivity index (χ2v) is 6.79. The Balaban J connectivity index is 0.00000144. The van der Waals surface area contributed by atoms with Crippen LogP contribution in [0.2, 0.25) is 0 Å². The van der Waals surface area contributed by atoms with Gasteiger partial charge in [-0.05, 0) is 33.8 Å². The number of piperazine rings is 1. The van der Waals surface area contributed by atoms with Crippen LogP contribution in [0.4, 0.5) is 0 Å². The minimum atomic E-state index is 0. The lowest BCUT2D eigenvalue weighted by atomic mass is 10.1. The molecule has 0 aliphatic carbocycles. The molecule has 2 aromatic heterocycles. The predicted octanol–water partition coefficient (Wildman–Crippen LogP) is 3.22. The molecule has 2 atom stereocenters. The van der Waals surface area contributed by atoms with Crippen LogP contribution in [-0.4, -0.2) is 45.5 Å². The van der Waals surface area contributed by atoms with E-state index < -0.39 is 0 Å². The molecular weight excluding hydrogens is 367 g/mol. The number of hydrogen-bond donors (Lipinski definition) is 1. The van der Waals surface area contributed by atoms with Crippen LogP contribution >= 0.6 is 36.2 Å². The minimum Gasteiger partial charge on any atom is -0.333 e. The minimum absolute atomic E-state index is 0. The van der Waals surface area contributed by atoms with Gasteiger partial charge in [0.25, 0.3) is 5.91 Å². The highest BCUT2D eigenvalue weighted by Crippen LogP contribution is 2.24. The van der Waals surface area contributed by atoms with Crippen molar-refractivity contribution in [2.75, 3.05) is 13.1 Å². The van der Waals surface area contributed by atoms with E-state index in [9.17, 15) is 4.79 Å². The number of amides is 1. The van der Waals surface area contributed by atoms with Crippen LogP contribution in [0, 0.1) is 13.8 Å². The number of aromatic nitrogens is 2. The fourth-order valence-electron chi connectivity index (χ4n) is 3.10. The molecule has 0 aromatic carbocycles. The summed E-state index contributed by atoms with van der Waals surface area (Å²) >= 11 is 1.58. The summed E-state index contributed by atoms with van der Waals surface area (Å²) in [5, 5.41) is 6.28. The van der Waals surface area contributed by atoms with Gasteiger partial charge in [-0.2, -0.15) is 0 Å². The molecule has 0 spiro atoms. The lowest BCUT2D eigenvalue weighted by Gasteiger charge is -2.38. The van der Waals surface area contributed by atoms with Gasteiger partial charge in [0.1, 0.15) is 0 Å².